The molecule has 0 bridgehead atoms. The maximum atomic E-state index is 15.2. The van der Waals surface area contributed by atoms with Crippen molar-refractivity contribution in [3.63, 3.8) is 0 Å². The minimum Gasteiger partial charge on any atom is -0.464 e. The summed E-state index contributed by atoms with van der Waals surface area (Å²) in [5.41, 5.74) is 2.29. The van der Waals surface area contributed by atoms with E-state index in [1.54, 1.807) is 30.0 Å². The highest BCUT2D eigenvalue weighted by molar-refractivity contribution is 5.84. The van der Waals surface area contributed by atoms with Crippen molar-refractivity contribution in [2.45, 2.75) is 25.8 Å². The Balaban J connectivity index is 1.28. The Morgan fingerprint density at radius 1 is 1.12 bits per heavy atom. The first kappa shape index (κ1) is 20.9. The Morgan fingerprint density at radius 3 is 2.74 bits per heavy atom. The largest absolute Gasteiger partial charge is 0.464 e. The summed E-state index contributed by atoms with van der Waals surface area (Å²) in [6.45, 7) is 1.84. The first-order valence-electron chi connectivity index (χ1n) is 11.7. The van der Waals surface area contributed by atoms with E-state index in [4.69, 9.17) is 4.42 Å². The van der Waals surface area contributed by atoms with Crippen LogP contribution < -0.4 is 5.69 Å². The second kappa shape index (κ2) is 7.97. The zero-order chi connectivity index (χ0) is 23.4. The third-order valence-electron chi connectivity index (χ3n) is 6.96. The summed E-state index contributed by atoms with van der Waals surface area (Å²) in [7, 11) is 1.60. The summed E-state index contributed by atoms with van der Waals surface area (Å²) in [5.74, 6) is 0.676. The molecule has 1 unspecified atom stereocenters. The van der Waals surface area contributed by atoms with Crippen molar-refractivity contribution in [2.24, 2.45) is 18.9 Å². The molecule has 1 aliphatic carbocycles. The summed E-state index contributed by atoms with van der Waals surface area (Å²) < 4.78 is 23.5. The van der Waals surface area contributed by atoms with Crippen LogP contribution in [-0.2, 0) is 18.4 Å². The number of benzene rings is 2. The number of carbonyl (C=O) groups is 1. The van der Waals surface area contributed by atoms with Crippen molar-refractivity contribution in [1.29, 1.82) is 0 Å². The van der Waals surface area contributed by atoms with E-state index in [1.165, 1.54) is 10.7 Å². The molecule has 0 radical (unpaired) electrons. The second-order valence-electron chi connectivity index (χ2n) is 9.42. The molecule has 34 heavy (non-hydrogen) atoms. The molecule has 8 heteroatoms. The molecule has 1 amide bonds. The first-order valence-corrected chi connectivity index (χ1v) is 11.7. The van der Waals surface area contributed by atoms with Gasteiger partial charge in [-0.25, -0.2) is 13.9 Å². The number of hydrogen-bond acceptors (Lipinski definition) is 4. The summed E-state index contributed by atoms with van der Waals surface area (Å²) >= 11 is 0. The van der Waals surface area contributed by atoms with Crippen LogP contribution in [0.15, 0.2) is 57.9 Å². The van der Waals surface area contributed by atoms with E-state index in [9.17, 15) is 9.59 Å². The van der Waals surface area contributed by atoms with E-state index in [2.05, 4.69) is 5.10 Å². The van der Waals surface area contributed by atoms with Crippen LogP contribution in [0.2, 0.25) is 0 Å². The summed E-state index contributed by atoms with van der Waals surface area (Å²) in [6.07, 6.45) is 4.44. The summed E-state index contributed by atoms with van der Waals surface area (Å²) in [6, 6.07) is 12.4. The first-order chi connectivity index (χ1) is 16.5. The zero-order valence-corrected chi connectivity index (χ0v) is 18.9. The number of hydrogen-bond donors (Lipinski definition) is 0. The molecule has 0 N–H and O–H groups in total. The highest BCUT2D eigenvalue weighted by Crippen LogP contribution is 2.34. The number of fused-ring (bicyclic) bond motifs is 1. The molecule has 1 saturated heterocycles. The van der Waals surface area contributed by atoms with Gasteiger partial charge in [0.1, 0.15) is 11.4 Å². The Labute approximate surface area is 195 Å². The van der Waals surface area contributed by atoms with Gasteiger partial charge in [0.15, 0.2) is 5.82 Å². The van der Waals surface area contributed by atoms with Crippen LogP contribution >= 0.6 is 0 Å². The molecule has 174 valence electrons. The predicted octanol–water partition coefficient (Wildman–Crippen LogP) is 4.06. The second-order valence-corrected chi connectivity index (χ2v) is 9.42. The fraction of sp³-hybridized carbons (Fsp3) is 0.346. The van der Waals surface area contributed by atoms with Crippen LogP contribution in [0.1, 0.15) is 19.3 Å². The Kier molecular flexibility index (Phi) is 4.90. The number of aryl methyl sites for hydroxylation is 1. The molecule has 2 aromatic carbocycles. The van der Waals surface area contributed by atoms with Gasteiger partial charge >= 0.3 is 5.69 Å². The maximum Gasteiger partial charge on any atom is 0.345 e. The quantitative estimate of drug-likeness (QED) is 0.450. The van der Waals surface area contributed by atoms with Crippen LogP contribution in [0.5, 0.6) is 0 Å². The van der Waals surface area contributed by atoms with Gasteiger partial charge in [-0.05, 0) is 55.0 Å². The monoisotopic (exact) mass is 460 g/mol. The Morgan fingerprint density at radius 2 is 1.94 bits per heavy atom. The van der Waals surface area contributed by atoms with Gasteiger partial charge in [0, 0.05) is 49.1 Å². The number of furan rings is 1. The van der Waals surface area contributed by atoms with Crippen LogP contribution in [-0.4, -0.2) is 38.2 Å². The highest BCUT2D eigenvalue weighted by atomic mass is 19.1. The van der Waals surface area contributed by atoms with Gasteiger partial charge in [0.05, 0.1) is 6.26 Å². The highest BCUT2D eigenvalue weighted by Gasteiger charge is 2.37. The number of carbonyl (C=O) groups excluding carboxylic acids is 1. The van der Waals surface area contributed by atoms with E-state index in [1.807, 2.05) is 29.2 Å². The molecule has 3 heterocycles. The van der Waals surface area contributed by atoms with E-state index in [0.29, 0.717) is 30.0 Å². The van der Waals surface area contributed by atoms with E-state index < -0.39 is 0 Å². The van der Waals surface area contributed by atoms with Crippen LogP contribution in [0.3, 0.4) is 0 Å². The Hall–Kier alpha value is -3.68. The lowest BCUT2D eigenvalue weighted by molar-refractivity contribution is -0.131. The lowest BCUT2D eigenvalue weighted by Gasteiger charge is -2.16. The lowest BCUT2D eigenvalue weighted by atomic mass is 10.0. The fourth-order valence-electron chi connectivity index (χ4n) is 4.93. The van der Waals surface area contributed by atoms with Gasteiger partial charge < -0.3 is 9.32 Å². The maximum absolute atomic E-state index is 15.2. The number of halogens is 1. The third-order valence-corrected chi connectivity index (χ3v) is 6.96. The molecule has 2 aromatic heterocycles. The molecule has 4 aromatic rings. The van der Waals surface area contributed by atoms with Crippen molar-refractivity contribution in [1.82, 2.24) is 19.2 Å². The van der Waals surface area contributed by atoms with Gasteiger partial charge in [0.25, 0.3) is 0 Å². The average molecular weight is 461 g/mol. The minimum absolute atomic E-state index is 0.175. The van der Waals surface area contributed by atoms with Crippen molar-refractivity contribution in [3.8, 4) is 22.5 Å². The minimum atomic E-state index is -0.382. The van der Waals surface area contributed by atoms with Crippen molar-refractivity contribution < 1.29 is 13.6 Å². The van der Waals surface area contributed by atoms with Crippen molar-refractivity contribution >= 4 is 16.9 Å². The van der Waals surface area contributed by atoms with Gasteiger partial charge in [-0.1, -0.05) is 18.2 Å². The summed E-state index contributed by atoms with van der Waals surface area (Å²) in [5, 5.41) is 5.31. The number of amides is 1. The standard InChI is InChI=1S/C26H25FN4O3/c1-29-26(33)31(15-16-8-10-30(14-16)25(32)17-2-3-17)24(28-29)20-4-6-21(22(27)13-20)18-5-7-23-19(12-18)9-11-34-23/h4-7,9,11-13,16-17H,2-3,8,10,14-15H2,1H3. The Bertz CT molecular complexity index is 1460. The molecule has 2 aliphatic rings. The summed E-state index contributed by atoms with van der Waals surface area (Å²) in [4.78, 5) is 27.2. The molecule has 7 nitrogen and oxygen atoms in total. The molecular weight excluding hydrogens is 435 g/mol. The predicted molar refractivity (Wildman–Crippen MR) is 125 cm³/mol. The topological polar surface area (TPSA) is 73.3 Å². The molecule has 2 fully saturated rings. The fourth-order valence-corrected chi connectivity index (χ4v) is 4.93. The van der Waals surface area contributed by atoms with Crippen LogP contribution in [0.25, 0.3) is 33.5 Å². The molecule has 0 spiro atoms. The van der Waals surface area contributed by atoms with E-state index in [-0.39, 0.29) is 29.2 Å². The SMILES string of the molecule is Cn1nc(-c2ccc(-c3ccc4occc4c3)c(F)c2)n(CC2CCN(C(=O)C3CC3)C2)c1=O. The number of aromatic nitrogens is 3. The number of nitrogens with zero attached hydrogens (tertiary/aromatic N) is 4. The molecule has 1 aliphatic heterocycles. The number of rotatable bonds is 5. The van der Waals surface area contributed by atoms with E-state index in [0.717, 1.165) is 42.3 Å². The molecule has 6 rings (SSSR count). The molecule has 1 saturated carbocycles. The molecular formula is C26H25FN4O3. The van der Waals surface area contributed by atoms with Crippen molar-refractivity contribution in [2.75, 3.05) is 13.1 Å². The lowest BCUT2D eigenvalue weighted by Crippen LogP contribution is -2.31. The van der Waals surface area contributed by atoms with Gasteiger partial charge in [-0.3, -0.25) is 9.36 Å². The van der Waals surface area contributed by atoms with Crippen molar-refractivity contribution in [3.05, 3.63) is 65.0 Å². The van der Waals surface area contributed by atoms with Gasteiger partial charge in [0.2, 0.25) is 5.91 Å². The van der Waals surface area contributed by atoms with Gasteiger partial charge in [-0.15, -0.1) is 5.10 Å². The van der Waals surface area contributed by atoms with Gasteiger partial charge in [-0.2, -0.15) is 0 Å². The smallest absolute Gasteiger partial charge is 0.345 e. The third kappa shape index (κ3) is 3.63. The van der Waals surface area contributed by atoms with Crippen LogP contribution in [0, 0.1) is 17.7 Å². The van der Waals surface area contributed by atoms with E-state index >= 15 is 4.39 Å². The van der Waals surface area contributed by atoms with Crippen LogP contribution in [0.4, 0.5) is 4.39 Å². The average Bonchev–Trinajstić information content (AvgIpc) is 3.28. The number of likely N-dealkylation sites (tertiary alicyclic amines) is 1. The zero-order valence-electron chi connectivity index (χ0n) is 18.9. The normalized spacial score (nSPS) is 18.2. The molecule has 1 atom stereocenters.